The van der Waals surface area contributed by atoms with Crippen LogP contribution >= 0.6 is 0 Å². The average Bonchev–Trinajstić information content (AvgIpc) is 2.38. The fraction of sp³-hybridized carbons (Fsp3) is 0.286. The van der Waals surface area contributed by atoms with Gasteiger partial charge in [0.2, 0.25) is 0 Å². The molecule has 1 rings (SSSR count). The van der Waals surface area contributed by atoms with E-state index in [2.05, 4.69) is 4.74 Å². The number of rotatable bonds is 3. The summed E-state index contributed by atoms with van der Waals surface area (Å²) in [6, 6.07) is 6.12. The third-order valence-corrected chi connectivity index (χ3v) is 2.73. The number of benzene rings is 1. The Hall–Kier alpha value is -2.15. The average molecular weight is 247 g/mol. The summed E-state index contributed by atoms with van der Waals surface area (Å²) in [5.41, 5.74) is 1.89. The number of ether oxygens (including phenoxy) is 1. The zero-order chi connectivity index (χ0) is 13.7. The number of halogens is 1. The Morgan fingerprint density at radius 3 is 2.67 bits per heavy atom. The third-order valence-electron chi connectivity index (χ3n) is 2.73. The van der Waals surface area contributed by atoms with E-state index >= 15 is 0 Å². The second-order valence-corrected chi connectivity index (χ2v) is 3.76. The molecule has 0 saturated heterocycles. The van der Waals surface area contributed by atoms with Crippen LogP contribution in [0.5, 0.6) is 0 Å². The zero-order valence-corrected chi connectivity index (χ0v) is 10.6. The number of allylic oxidation sites excluding steroid dienone is 1. The van der Waals surface area contributed by atoms with E-state index in [1.165, 1.54) is 19.2 Å². The van der Waals surface area contributed by atoms with Crippen LogP contribution in [0, 0.1) is 17.1 Å². The van der Waals surface area contributed by atoms with Crippen LogP contribution in [-0.2, 0) is 16.0 Å². The van der Waals surface area contributed by atoms with Crippen LogP contribution in [-0.4, -0.2) is 13.1 Å². The SMILES string of the molecule is CCc1cc(F)ccc1/C(C)=C(/C#N)C(=O)OC. The van der Waals surface area contributed by atoms with Gasteiger partial charge in [-0.1, -0.05) is 13.0 Å². The number of nitriles is 1. The van der Waals surface area contributed by atoms with Gasteiger partial charge in [0.25, 0.3) is 0 Å². The molecule has 0 spiro atoms. The zero-order valence-electron chi connectivity index (χ0n) is 10.6. The van der Waals surface area contributed by atoms with E-state index in [4.69, 9.17) is 5.26 Å². The number of hydrogen-bond acceptors (Lipinski definition) is 3. The molecule has 0 aromatic heterocycles. The summed E-state index contributed by atoms with van der Waals surface area (Å²) in [4.78, 5) is 11.4. The molecule has 0 aliphatic carbocycles. The lowest BCUT2D eigenvalue weighted by atomic mass is 9.95. The smallest absolute Gasteiger partial charge is 0.348 e. The second-order valence-electron chi connectivity index (χ2n) is 3.76. The number of methoxy groups -OCH3 is 1. The van der Waals surface area contributed by atoms with Crippen molar-refractivity contribution in [3.63, 3.8) is 0 Å². The molecule has 94 valence electrons. The molecule has 4 heteroatoms. The predicted molar refractivity (Wildman–Crippen MR) is 66.0 cm³/mol. The van der Waals surface area contributed by atoms with Gasteiger partial charge in [-0.15, -0.1) is 0 Å². The van der Waals surface area contributed by atoms with E-state index in [0.29, 0.717) is 17.6 Å². The molecule has 18 heavy (non-hydrogen) atoms. The standard InChI is InChI=1S/C14H14FNO2/c1-4-10-7-11(15)5-6-12(10)9(2)13(8-16)14(17)18-3/h5-7H,4H2,1-3H3/b13-9-. The maximum Gasteiger partial charge on any atom is 0.348 e. The Bertz CT molecular complexity index is 541. The fourth-order valence-corrected chi connectivity index (χ4v) is 1.74. The lowest BCUT2D eigenvalue weighted by molar-refractivity contribution is -0.135. The predicted octanol–water partition coefficient (Wildman–Crippen LogP) is 2.86. The van der Waals surface area contributed by atoms with Crippen LogP contribution < -0.4 is 0 Å². The van der Waals surface area contributed by atoms with E-state index in [-0.39, 0.29) is 11.4 Å². The van der Waals surface area contributed by atoms with E-state index in [0.717, 1.165) is 5.56 Å². The largest absolute Gasteiger partial charge is 0.465 e. The molecule has 0 bridgehead atoms. The van der Waals surface area contributed by atoms with Gasteiger partial charge in [0.15, 0.2) is 0 Å². The minimum atomic E-state index is -0.679. The van der Waals surface area contributed by atoms with Crippen molar-refractivity contribution < 1.29 is 13.9 Å². The second kappa shape index (κ2) is 5.97. The van der Waals surface area contributed by atoms with Crippen molar-refractivity contribution in [1.29, 1.82) is 5.26 Å². The number of aryl methyl sites for hydroxylation is 1. The maximum absolute atomic E-state index is 13.1. The highest BCUT2D eigenvalue weighted by Crippen LogP contribution is 2.24. The van der Waals surface area contributed by atoms with Gasteiger partial charge in [-0.05, 0) is 42.2 Å². The van der Waals surface area contributed by atoms with Gasteiger partial charge in [0.05, 0.1) is 7.11 Å². The molecular weight excluding hydrogens is 233 g/mol. The van der Waals surface area contributed by atoms with Crippen molar-refractivity contribution in [2.75, 3.05) is 7.11 Å². The van der Waals surface area contributed by atoms with E-state index < -0.39 is 5.97 Å². The number of hydrogen-bond donors (Lipinski definition) is 0. The number of carbonyl (C=O) groups is 1. The molecule has 3 nitrogen and oxygen atoms in total. The normalized spacial score (nSPS) is 11.5. The lowest BCUT2D eigenvalue weighted by Crippen LogP contribution is -2.06. The van der Waals surface area contributed by atoms with Crippen LogP contribution in [0.25, 0.3) is 5.57 Å². The first-order valence-electron chi connectivity index (χ1n) is 5.53. The molecule has 1 aromatic carbocycles. The van der Waals surface area contributed by atoms with Gasteiger partial charge in [0, 0.05) is 0 Å². The molecule has 0 aliphatic rings. The molecule has 0 unspecified atom stereocenters. The minimum Gasteiger partial charge on any atom is -0.465 e. The van der Waals surface area contributed by atoms with Crippen LogP contribution in [0.15, 0.2) is 23.8 Å². The van der Waals surface area contributed by atoms with E-state index in [1.807, 2.05) is 13.0 Å². The highest BCUT2D eigenvalue weighted by Gasteiger charge is 2.16. The Labute approximate surface area is 105 Å². The molecule has 0 fully saturated rings. The van der Waals surface area contributed by atoms with Crippen molar-refractivity contribution >= 4 is 11.5 Å². The summed E-state index contributed by atoms with van der Waals surface area (Å²) in [5, 5.41) is 8.99. The Morgan fingerprint density at radius 2 is 2.17 bits per heavy atom. The van der Waals surface area contributed by atoms with E-state index in [1.54, 1.807) is 13.0 Å². The molecule has 1 aromatic rings. The number of esters is 1. The third kappa shape index (κ3) is 2.75. The Balaban J connectivity index is 3.41. The van der Waals surface area contributed by atoms with Gasteiger partial charge in [-0.25, -0.2) is 9.18 Å². The summed E-state index contributed by atoms with van der Waals surface area (Å²) in [7, 11) is 1.22. The fourth-order valence-electron chi connectivity index (χ4n) is 1.74. The number of carbonyl (C=O) groups excluding carboxylic acids is 1. The van der Waals surface area contributed by atoms with Gasteiger partial charge < -0.3 is 4.74 Å². The van der Waals surface area contributed by atoms with Crippen LogP contribution in [0.3, 0.4) is 0 Å². The summed E-state index contributed by atoms with van der Waals surface area (Å²) < 4.78 is 17.7. The monoisotopic (exact) mass is 247 g/mol. The molecule has 0 radical (unpaired) electrons. The van der Waals surface area contributed by atoms with E-state index in [9.17, 15) is 9.18 Å². The molecule has 0 amide bonds. The molecule has 0 saturated carbocycles. The van der Waals surface area contributed by atoms with Crippen LogP contribution in [0.4, 0.5) is 4.39 Å². The summed E-state index contributed by atoms with van der Waals surface area (Å²) >= 11 is 0. The molecule has 0 heterocycles. The lowest BCUT2D eigenvalue weighted by Gasteiger charge is -2.10. The minimum absolute atomic E-state index is 0.0567. The van der Waals surface area contributed by atoms with Gasteiger partial charge >= 0.3 is 5.97 Å². The molecule has 0 N–H and O–H groups in total. The van der Waals surface area contributed by atoms with Crippen molar-refractivity contribution in [1.82, 2.24) is 0 Å². The summed E-state index contributed by atoms with van der Waals surface area (Å²) in [5.74, 6) is -1.01. The van der Waals surface area contributed by atoms with Crippen molar-refractivity contribution in [3.8, 4) is 6.07 Å². The Morgan fingerprint density at radius 1 is 1.50 bits per heavy atom. The Kier molecular flexibility index (Phi) is 4.61. The number of nitrogens with zero attached hydrogens (tertiary/aromatic N) is 1. The van der Waals surface area contributed by atoms with Crippen molar-refractivity contribution in [2.45, 2.75) is 20.3 Å². The highest BCUT2D eigenvalue weighted by molar-refractivity contribution is 6.01. The summed E-state index contributed by atoms with van der Waals surface area (Å²) in [6.07, 6.45) is 0.615. The first-order chi connectivity index (χ1) is 8.54. The van der Waals surface area contributed by atoms with Gasteiger partial charge in [-0.2, -0.15) is 5.26 Å². The summed E-state index contributed by atoms with van der Waals surface area (Å²) in [6.45, 7) is 3.54. The van der Waals surface area contributed by atoms with Gasteiger partial charge in [0.1, 0.15) is 17.5 Å². The topological polar surface area (TPSA) is 50.1 Å². The quantitative estimate of drug-likeness (QED) is 0.469. The van der Waals surface area contributed by atoms with Crippen LogP contribution in [0.2, 0.25) is 0 Å². The maximum atomic E-state index is 13.1. The highest BCUT2D eigenvalue weighted by atomic mass is 19.1. The van der Waals surface area contributed by atoms with Crippen molar-refractivity contribution in [2.24, 2.45) is 0 Å². The first kappa shape index (κ1) is 13.9. The molecule has 0 atom stereocenters. The molecule has 0 aliphatic heterocycles. The van der Waals surface area contributed by atoms with Crippen molar-refractivity contribution in [3.05, 3.63) is 40.7 Å². The first-order valence-corrected chi connectivity index (χ1v) is 5.53. The van der Waals surface area contributed by atoms with Crippen LogP contribution in [0.1, 0.15) is 25.0 Å². The molecular formula is C14H14FNO2. The van der Waals surface area contributed by atoms with Gasteiger partial charge in [-0.3, -0.25) is 0 Å².